The van der Waals surface area contributed by atoms with Gasteiger partial charge in [0.05, 0.1) is 5.56 Å². The molecule has 0 spiro atoms. The average Bonchev–Trinajstić information content (AvgIpc) is 2.74. The maximum absolute atomic E-state index is 13.8. The fraction of sp³-hybridized carbons (Fsp3) is 0.500. The molecule has 1 aliphatic rings. The SMILES string of the molecule is CCCCC[C@H]1CC[C@H](CCc2ccc(-c3ccc(C#N)c(F)c3)cc2)CC1. The van der Waals surface area contributed by atoms with Gasteiger partial charge in [0.1, 0.15) is 11.9 Å². The molecule has 1 nitrogen and oxygen atoms in total. The van der Waals surface area contributed by atoms with Crippen molar-refractivity contribution in [3.05, 3.63) is 59.4 Å². The van der Waals surface area contributed by atoms with Crippen molar-refractivity contribution in [1.29, 1.82) is 5.26 Å². The molecule has 0 heterocycles. The van der Waals surface area contributed by atoms with Crippen molar-refractivity contribution >= 4 is 0 Å². The van der Waals surface area contributed by atoms with Gasteiger partial charge in [-0.3, -0.25) is 0 Å². The van der Waals surface area contributed by atoms with E-state index < -0.39 is 5.82 Å². The van der Waals surface area contributed by atoms with Crippen LogP contribution in [0.1, 0.15) is 75.8 Å². The molecule has 148 valence electrons. The second-order valence-corrected chi connectivity index (χ2v) is 8.42. The Bertz CT molecular complexity index is 779. The topological polar surface area (TPSA) is 23.8 Å². The number of halogens is 1. The normalized spacial score (nSPS) is 19.3. The summed E-state index contributed by atoms with van der Waals surface area (Å²) in [6, 6.07) is 15.2. The van der Waals surface area contributed by atoms with Crippen molar-refractivity contribution in [3.63, 3.8) is 0 Å². The van der Waals surface area contributed by atoms with E-state index in [1.54, 1.807) is 6.07 Å². The minimum atomic E-state index is -0.450. The Morgan fingerprint density at radius 3 is 2.14 bits per heavy atom. The number of nitrogens with zero attached hydrogens (tertiary/aromatic N) is 1. The number of benzene rings is 2. The van der Waals surface area contributed by atoms with Gasteiger partial charge in [-0.05, 0) is 53.5 Å². The third-order valence-corrected chi connectivity index (χ3v) is 6.40. The van der Waals surface area contributed by atoms with Gasteiger partial charge in [0, 0.05) is 0 Å². The maximum Gasteiger partial charge on any atom is 0.141 e. The van der Waals surface area contributed by atoms with Crippen LogP contribution < -0.4 is 0 Å². The standard InChI is InChI=1S/C26H32FN/c1-2-3-4-5-20-6-8-21(9-7-20)10-11-22-12-14-23(15-13-22)24-16-17-25(19-28)26(27)18-24/h12-18,20-21H,2-11H2,1H3/t20-,21-. The molecule has 0 unspecified atom stereocenters. The van der Waals surface area contributed by atoms with E-state index in [1.165, 1.54) is 69.4 Å². The molecule has 2 aromatic rings. The van der Waals surface area contributed by atoms with Crippen LogP contribution in [0.4, 0.5) is 4.39 Å². The summed E-state index contributed by atoms with van der Waals surface area (Å²) in [5, 5.41) is 8.86. The lowest BCUT2D eigenvalue weighted by molar-refractivity contribution is 0.249. The lowest BCUT2D eigenvalue weighted by Crippen LogP contribution is -2.15. The van der Waals surface area contributed by atoms with Crippen LogP contribution >= 0.6 is 0 Å². The lowest BCUT2D eigenvalue weighted by atomic mass is 9.78. The number of nitriles is 1. The quantitative estimate of drug-likeness (QED) is 0.433. The van der Waals surface area contributed by atoms with E-state index in [0.29, 0.717) is 0 Å². The van der Waals surface area contributed by atoms with Crippen molar-refractivity contribution in [2.45, 2.75) is 71.1 Å². The minimum absolute atomic E-state index is 0.0976. The van der Waals surface area contributed by atoms with Crippen molar-refractivity contribution in [3.8, 4) is 17.2 Å². The molecular formula is C26H32FN. The van der Waals surface area contributed by atoms with Gasteiger partial charge < -0.3 is 0 Å². The van der Waals surface area contributed by atoms with Crippen LogP contribution in [0.15, 0.2) is 42.5 Å². The van der Waals surface area contributed by atoms with Gasteiger partial charge in [-0.25, -0.2) is 4.39 Å². The first-order valence-corrected chi connectivity index (χ1v) is 11.0. The summed E-state index contributed by atoms with van der Waals surface area (Å²) >= 11 is 0. The van der Waals surface area contributed by atoms with Crippen molar-refractivity contribution in [1.82, 2.24) is 0 Å². The van der Waals surface area contributed by atoms with Gasteiger partial charge in [0.25, 0.3) is 0 Å². The fourth-order valence-electron chi connectivity index (χ4n) is 4.51. The molecule has 3 rings (SSSR count). The number of unbranched alkanes of at least 4 members (excludes halogenated alkanes) is 2. The minimum Gasteiger partial charge on any atom is -0.206 e. The number of rotatable bonds is 8. The molecule has 0 aromatic heterocycles. The van der Waals surface area contributed by atoms with Crippen LogP contribution in [-0.2, 0) is 6.42 Å². The first-order valence-electron chi connectivity index (χ1n) is 11.0. The summed E-state index contributed by atoms with van der Waals surface area (Å²) in [6.07, 6.45) is 13.7. The van der Waals surface area contributed by atoms with Crippen LogP contribution in [0, 0.1) is 29.0 Å². The molecule has 1 saturated carbocycles. The molecule has 0 radical (unpaired) electrons. The van der Waals surface area contributed by atoms with Gasteiger partial charge in [0.15, 0.2) is 0 Å². The van der Waals surface area contributed by atoms with Gasteiger partial charge in [-0.15, -0.1) is 0 Å². The molecule has 28 heavy (non-hydrogen) atoms. The zero-order chi connectivity index (χ0) is 19.8. The summed E-state index contributed by atoms with van der Waals surface area (Å²) in [6.45, 7) is 2.28. The highest BCUT2D eigenvalue weighted by molar-refractivity contribution is 5.64. The Hall–Kier alpha value is -2.14. The zero-order valence-corrected chi connectivity index (χ0v) is 17.1. The molecule has 0 bridgehead atoms. The van der Waals surface area contributed by atoms with Crippen LogP contribution in [0.25, 0.3) is 11.1 Å². The summed E-state index contributed by atoms with van der Waals surface area (Å²) in [5.74, 6) is 1.42. The van der Waals surface area contributed by atoms with E-state index in [0.717, 1.165) is 29.4 Å². The third-order valence-electron chi connectivity index (χ3n) is 6.40. The van der Waals surface area contributed by atoms with E-state index in [4.69, 9.17) is 5.26 Å². The largest absolute Gasteiger partial charge is 0.206 e. The number of aryl methyl sites for hydroxylation is 1. The molecule has 0 aliphatic heterocycles. The fourth-order valence-corrected chi connectivity index (χ4v) is 4.51. The molecule has 1 aliphatic carbocycles. The lowest BCUT2D eigenvalue weighted by Gasteiger charge is -2.28. The highest BCUT2D eigenvalue weighted by atomic mass is 19.1. The van der Waals surface area contributed by atoms with Crippen molar-refractivity contribution in [2.24, 2.45) is 11.8 Å². The van der Waals surface area contributed by atoms with Gasteiger partial charge in [-0.1, -0.05) is 88.6 Å². The molecule has 2 heteroatoms. The molecule has 0 amide bonds. The molecule has 1 fully saturated rings. The molecule has 0 N–H and O–H groups in total. The van der Waals surface area contributed by atoms with Crippen LogP contribution in [0.3, 0.4) is 0 Å². The predicted octanol–water partition coefficient (Wildman–Crippen LogP) is 7.68. The summed E-state index contributed by atoms with van der Waals surface area (Å²) < 4.78 is 13.8. The molecule has 0 atom stereocenters. The van der Waals surface area contributed by atoms with Crippen LogP contribution in [0.2, 0.25) is 0 Å². The Kier molecular flexibility index (Phi) is 7.66. The smallest absolute Gasteiger partial charge is 0.141 e. The molecule has 0 saturated heterocycles. The summed E-state index contributed by atoms with van der Waals surface area (Å²) in [5.41, 5.74) is 3.28. The second kappa shape index (κ2) is 10.4. The van der Waals surface area contributed by atoms with Gasteiger partial charge in [0.2, 0.25) is 0 Å². The van der Waals surface area contributed by atoms with Crippen LogP contribution in [0.5, 0.6) is 0 Å². The van der Waals surface area contributed by atoms with E-state index in [1.807, 2.05) is 12.1 Å². The van der Waals surface area contributed by atoms with E-state index in [9.17, 15) is 4.39 Å². The summed E-state index contributed by atoms with van der Waals surface area (Å²) in [4.78, 5) is 0. The highest BCUT2D eigenvalue weighted by Crippen LogP contribution is 2.34. The molecular weight excluding hydrogens is 345 g/mol. The van der Waals surface area contributed by atoms with Crippen molar-refractivity contribution < 1.29 is 4.39 Å². The van der Waals surface area contributed by atoms with E-state index >= 15 is 0 Å². The first kappa shape index (κ1) is 20.6. The van der Waals surface area contributed by atoms with E-state index in [-0.39, 0.29) is 5.56 Å². The van der Waals surface area contributed by atoms with E-state index in [2.05, 4.69) is 31.2 Å². The number of hydrogen-bond donors (Lipinski definition) is 0. The van der Waals surface area contributed by atoms with Gasteiger partial charge >= 0.3 is 0 Å². The predicted molar refractivity (Wildman–Crippen MR) is 114 cm³/mol. The average molecular weight is 378 g/mol. The highest BCUT2D eigenvalue weighted by Gasteiger charge is 2.20. The monoisotopic (exact) mass is 377 g/mol. The third kappa shape index (κ3) is 5.68. The Balaban J connectivity index is 1.46. The summed E-state index contributed by atoms with van der Waals surface area (Å²) in [7, 11) is 0. The Labute approximate surface area is 169 Å². The number of hydrogen-bond acceptors (Lipinski definition) is 1. The Morgan fingerprint density at radius 1 is 0.893 bits per heavy atom. The zero-order valence-electron chi connectivity index (χ0n) is 17.1. The van der Waals surface area contributed by atoms with Crippen LogP contribution in [-0.4, -0.2) is 0 Å². The first-order chi connectivity index (χ1) is 13.7. The molecule has 2 aromatic carbocycles. The van der Waals surface area contributed by atoms with Crippen molar-refractivity contribution in [2.75, 3.05) is 0 Å². The Morgan fingerprint density at radius 2 is 1.54 bits per heavy atom. The second-order valence-electron chi connectivity index (χ2n) is 8.42. The maximum atomic E-state index is 13.8. The van der Waals surface area contributed by atoms with Gasteiger partial charge in [-0.2, -0.15) is 5.26 Å².